The fraction of sp³-hybridized carbons (Fsp3) is 0.105. The number of benzene rings is 2. The van der Waals surface area contributed by atoms with Crippen LogP contribution < -0.4 is 5.43 Å². The second kappa shape index (κ2) is 7.40. The number of rotatable bonds is 4. The predicted molar refractivity (Wildman–Crippen MR) is 97.1 cm³/mol. The van der Waals surface area contributed by atoms with Crippen LogP contribution in [0.1, 0.15) is 22.3 Å². The van der Waals surface area contributed by atoms with Crippen LogP contribution in [0.5, 0.6) is 0 Å². The lowest BCUT2D eigenvalue weighted by atomic mass is 10.1. The molecular weight excluding hydrogens is 343 g/mol. The molecule has 0 atom stereocenters. The molecule has 3 aromatic rings. The maximum atomic E-state index is 13.6. The van der Waals surface area contributed by atoms with Crippen LogP contribution in [0, 0.1) is 5.82 Å². The average molecular weight is 357 g/mol. The minimum Gasteiger partial charge on any atom is -0.360 e. The lowest BCUT2D eigenvalue weighted by molar-refractivity contribution is 0.100. The standard InChI is InChI=1S/C19H14ClFN2O2/c20-15-10-17-13(9-16(15)21)18(24)14(11-23-17)19(25)22-8-4-7-12-5-2-1-3-6-12/h1-3,5-6,8-11H,4,7H2,(H,23,24). The van der Waals surface area contributed by atoms with E-state index in [1.54, 1.807) is 0 Å². The SMILES string of the molecule is O=C(N=CCCc1ccccc1)c1c[nH]c2cc(Cl)c(F)cc2c1=O. The first-order valence-corrected chi connectivity index (χ1v) is 8.05. The van der Waals surface area contributed by atoms with E-state index in [1.807, 2.05) is 30.3 Å². The van der Waals surface area contributed by atoms with Crippen molar-refractivity contribution in [3.05, 3.63) is 80.9 Å². The number of aliphatic imine (C=N–C) groups is 1. The van der Waals surface area contributed by atoms with Gasteiger partial charge in [0.15, 0.2) is 0 Å². The molecule has 2 aromatic carbocycles. The topological polar surface area (TPSA) is 62.3 Å². The van der Waals surface area contributed by atoms with Crippen LogP contribution in [-0.2, 0) is 6.42 Å². The summed E-state index contributed by atoms with van der Waals surface area (Å²) in [7, 11) is 0. The predicted octanol–water partition coefficient (Wildman–Crippen LogP) is 4.16. The lowest BCUT2D eigenvalue weighted by Crippen LogP contribution is -2.15. The van der Waals surface area contributed by atoms with Crippen LogP contribution >= 0.6 is 11.6 Å². The van der Waals surface area contributed by atoms with Crippen molar-refractivity contribution >= 4 is 34.6 Å². The summed E-state index contributed by atoms with van der Waals surface area (Å²) in [5.41, 5.74) is 0.790. The Morgan fingerprint density at radius 2 is 2.00 bits per heavy atom. The third-order valence-electron chi connectivity index (χ3n) is 3.77. The zero-order chi connectivity index (χ0) is 17.8. The number of H-pyrrole nitrogens is 1. The van der Waals surface area contributed by atoms with Gasteiger partial charge in [-0.25, -0.2) is 9.38 Å². The minimum absolute atomic E-state index is 0.0623. The zero-order valence-electron chi connectivity index (χ0n) is 13.1. The van der Waals surface area contributed by atoms with E-state index in [9.17, 15) is 14.0 Å². The van der Waals surface area contributed by atoms with Gasteiger partial charge in [-0.3, -0.25) is 9.59 Å². The molecule has 1 aromatic heterocycles. The van der Waals surface area contributed by atoms with Gasteiger partial charge >= 0.3 is 0 Å². The molecule has 3 rings (SSSR count). The van der Waals surface area contributed by atoms with Gasteiger partial charge in [0.2, 0.25) is 5.43 Å². The Hall–Kier alpha value is -2.79. The Labute approximate surface area is 148 Å². The van der Waals surface area contributed by atoms with Gasteiger partial charge in [-0.1, -0.05) is 41.9 Å². The number of carbonyl (C=O) groups is 1. The molecule has 25 heavy (non-hydrogen) atoms. The quantitative estimate of drug-likeness (QED) is 0.713. The third kappa shape index (κ3) is 3.83. The van der Waals surface area contributed by atoms with Crippen LogP contribution in [0.4, 0.5) is 4.39 Å². The van der Waals surface area contributed by atoms with Gasteiger partial charge in [0.05, 0.1) is 10.5 Å². The Balaban J connectivity index is 1.78. The van der Waals surface area contributed by atoms with Crippen molar-refractivity contribution in [3.63, 3.8) is 0 Å². The monoisotopic (exact) mass is 356 g/mol. The highest BCUT2D eigenvalue weighted by molar-refractivity contribution is 6.31. The number of aromatic nitrogens is 1. The first-order chi connectivity index (χ1) is 12.1. The molecule has 1 N–H and O–H groups in total. The Morgan fingerprint density at radius 3 is 2.76 bits per heavy atom. The number of fused-ring (bicyclic) bond motifs is 1. The van der Waals surface area contributed by atoms with Gasteiger partial charge in [-0.2, -0.15) is 0 Å². The molecule has 4 nitrogen and oxygen atoms in total. The number of nitrogens with one attached hydrogen (secondary N) is 1. The number of halogens is 2. The molecule has 0 aliphatic heterocycles. The number of aryl methyl sites for hydroxylation is 1. The van der Waals surface area contributed by atoms with E-state index in [0.29, 0.717) is 11.9 Å². The van der Waals surface area contributed by atoms with Gasteiger partial charge in [0.1, 0.15) is 11.4 Å². The summed E-state index contributed by atoms with van der Waals surface area (Å²) in [6.07, 6.45) is 4.08. The molecule has 0 saturated carbocycles. The van der Waals surface area contributed by atoms with E-state index in [4.69, 9.17) is 11.6 Å². The number of carbonyl (C=O) groups excluding carboxylic acids is 1. The van der Waals surface area contributed by atoms with Gasteiger partial charge in [0.25, 0.3) is 5.91 Å². The summed E-state index contributed by atoms with van der Waals surface area (Å²) in [6.45, 7) is 0. The summed E-state index contributed by atoms with van der Waals surface area (Å²) < 4.78 is 13.6. The van der Waals surface area contributed by atoms with Crippen molar-refractivity contribution in [3.8, 4) is 0 Å². The van der Waals surface area contributed by atoms with Crippen molar-refractivity contribution < 1.29 is 9.18 Å². The maximum absolute atomic E-state index is 13.6. The van der Waals surface area contributed by atoms with Crippen LogP contribution in [0.25, 0.3) is 10.9 Å². The molecule has 0 saturated heterocycles. The average Bonchev–Trinajstić information content (AvgIpc) is 2.61. The summed E-state index contributed by atoms with van der Waals surface area (Å²) >= 11 is 5.69. The number of aromatic amines is 1. The van der Waals surface area contributed by atoms with E-state index >= 15 is 0 Å². The third-order valence-corrected chi connectivity index (χ3v) is 4.06. The molecule has 0 fully saturated rings. The summed E-state index contributed by atoms with van der Waals surface area (Å²) in [6, 6.07) is 12.1. The second-order valence-electron chi connectivity index (χ2n) is 5.48. The van der Waals surface area contributed by atoms with Crippen molar-refractivity contribution in [1.82, 2.24) is 4.98 Å². The number of amides is 1. The number of hydrogen-bond acceptors (Lipinski definition) is 2. The minimum atomic E-state index is -0.712. The van der Waals surface area contributed by atoms with Gasteiger partial charge < -0.3 is 4.98 Å². The molecule has 0 aliphatic carbocycles. The highest BCUT2D eigenvalue weighted by Crippen LogP contribution is 2.19. The number of pyridine rings is 1. The molecule has 0 aliphatic rings. The normalized spacial score (nSPS) is 11.3. The molecule has 0 radical (unpaired) electrons. The van der Waals surface area contributed by atoms with E-state index in [1.165, 1.54) is 18.5 Å². The Bertz CT molecular complexity index is 1010. The van der Waals surface area contributed by atoms with Crippen molar-refractivity contribution in [2.45, 2.75) is 12.8 Å². The smallest absolute Gasteiger partial charge is 0.282 e. The van der Waals surface area contributed by atoms with E-state index in [0.717, 1.165) is 18.1 Å². The highest BCUT2D eigenvalue weighted by atomic mass is 35.5. The largest absolute Gasteiger partial charge is 0.360 e. The van der Waals surface area contributed by atoms with Crippen LogP contribution in [0.15, 0.2) is 58.4 Å². The van der Waals surface area contributed by atoms with Gasteiger partial charge in [-0.05, 0) is 30.5 Å². The van der Waals surface area contributed by atoms with E-state index in [-0.39, 0.29) is 16.0 Å². The van der Waals surface area contributed by atoms with E-state index < -0.39 is 17.2 Å². The first-order valence-electron chi connectivity index (χ1n) is 7.67. The van der Waals surface area contributed by atoms with Crippen LogP contribution in [0.3, 0.4) is 0 Å². The zero-order valence-corrected chi connectivity index (χ0v) is 13.9. The maximum Gasteiger partial charge on any atom is 0.282 e. The van der Waals surface area contributed by atoms with Crippen LogP contribution in [-0.4, -0.2) is 17.1 Å². The summed E-state index contributed by atoms with van der Waals surface area (Å²) in [5.74, 6) is -1.37. The number of nitrogens with zero attached hydrogens (tertiary/aromatic N) is 1. The molecule has 126 valence electrons. The fourth-order valence-corrected chi connectivity index (χ4v) is 2.63. The second-order valence-corrected chi connectivity index (χ2v) is 5.89. The van der Waals surface area contributed by atoms with E-state index in [2.05, 4.69) is 9.98 Å². The van der Waals surface area contributed by atoms with Crippen molar-refractivity contribution in [2.24, 2.45) is 4.99 Å². The molecule has 1 amide bonds. The molecule has 6 heteroatoms. The molecular formula is C19H14ClFN2O2. The Kier molecular flexibility index (Phi) is 5.05. The molecule has 0 bridgehead atoms. The molecule has 0 spiro atoms. The number of hydrogen-bond donors (Lipinski definition) is 1. The Morgan fingerprint density at radius 1 is 1.24 bits per heavy atom. The lowest BCUT2D eigenvalue weighted by Gasteiger charge is -2.02. The first kappa shape index (κ1) is 17.0. The van der Waals surface area contributed by atoms with Crippen molar-refractivity contribution in [1.29, 1.82) is 0 Å². The summed E-state index contributed by atoms with van der Waals surface area (Å²) in [4.78, 5) is 31.1. The highest BCUT2D eigenvalue weighted by Gasteiger charge is 2.13. The molecule has 1 heterocycles. The van der Waals surface area contributed by atoms with Gasteiger partial charge in [-0.15, -0.1) is 0 Å². The van der Waals surface area contributed by atoms with Crippen molar-refractivity contribution in [2.75, 3.05) is 0 Å². The van der Waals surface area contributed by atoms with Gasteiger partial charge in [0, 0.05) is 17.8 Å². The summed E-state index contributed by atoms with van der Waals surface area (Å²) in [5, 5.41) is -0.0339. The van der Waals surface area contributed by atoms with Crippen LogP contribution in [0.2, 0.25) is 5.02 Å². The molecule has 0 unspecified atom stereocenters. The fourth-order valence-electron chi connectivity index (χ4n) is 2.47.